The van der Waals surface area contributed by atoms with Crippen LogP contribution in [-0.4, -0.2) is 62.2 Å². The molecule has 0 bridgehead atoms. The highest BCUT2D eigenvalue weighted by Crippen LogP contribution is 2.25. The summed E-state index contributed by atoms with van der Waals surface area (Å²) in [6.45, 7) is -1.11. The number of hydrogen-bond acceptors (Lipinski definition) is 4. The minimum Gasteiger partial charge on any atom is -0.352 e. The summed E-state index contributed by atoms with van der Waals surface area (Å²) in [4.78, 5) is 29.2. The van der Waals surface area contributed by atoms with Crippen LogP contribution in [-0.2, 0) is 32.8 Å². The molecule has 1 aliphatic rings. The first-order valence-electron chi connectivity index (χ1n) is 13.9. The Kier molecular flexibility index (Phi) is 10.3. The van der Waals surface area contributed by atoms with Crippen molar-refractivity contribution in [2.75, 3.05) is 24.9 Å². The summed E-state index contributed by atoms with van der Waals surface area (Å²) in [5.41, 5.74) is 0.605. The SMILES string of the molecule is CN(C)S(=O)(=O)N(CC(=O)N(Cc1ccccc1F)C(Cc1ccccc1)C(=O)NC1CCCC1)c1ccccc1F. The van der Waals surface area contributed by atoms with Gasteiger partial charge >= 0.3 is 10.2 Å². The lowest BCUT2D eigenvalue weighted by Gasteiger charge is -2.35. The highest BCUT2D eigenvalue weighted by molar-refractivity contribution is 7.90. The molecule has 0 saturated heterocycles. The zero-order valence-corrected chi connectivity index (χ0v) is 24.6. The fraction of sp³-hybridized carbons (Fsp3) is 0.355. The van der Waals surface area contributed by atoms with Crippen LogP contribution in [0.5, 0.6) is 0 Å². The van der Waals surface area contributed by atoms with E-state index in [0.717, 1.165) is 41.6 Å². The molecule has 1 N–H and O–H groups in total. The number of benzene rings is 3. The molecule has 0 aromatic heterocycles. The standard InChI is InChI=1S/C31H36F2N4O4S/c1-35(2)42(40,41)37(28-19-11-10-18-27(28)33)22-30(38)36(21-24-14-6-9-17-26(24)32)29(20-23-12-4-3-5-13-23)31(39)34-25-15-7-8-16-25/h3-6,9-14,17-19,25,29H,7-8,15-16,20-22H2,1-2H3,(H,34,39). The van der Waals surface area contributed by atoms with E-state index in [1.165, 1.54) is 55.4 Å². The summed E-state index contributed by atoms with van der Waals surface area (Å²) < 4.78 is 58.1. The van der Waals surface area contributed by atoms with Crippen LogP contribution in [0.4, 0.5) is 14.5 Å². The smallest absolute Gasteiger partial charge is 0.304 e. The lowest BCUT2D eigenvalue weighted by Crippen LogP contribution is -2.55. The molecule has 3 aromatic carbocycles. The third-order valence-electron chi connectivity index (χ3n) is 7.41. The van der Waals surface area contributed by atoms with Gasteiger partial charge in [0.1, 0.15) is 24.2 Å². The Bertz CT molecular complexity index is 1480. The molecule has 1 aliphatic carbocycles. The second-order valence-electron chi connectivity index (χ2n) is 10.6. The predicted octanol–water partition coefficient (Wildman–Crippen LogP) is 4.28. The van der Waals surface area contributed by atoms with Gasteiger partial charge in [-0.25, -0.2) is 13.1 Å². The second-order valence-corrected chi connectivity index (χ2v) is 12.6. The van der Waals surface area contributed by atoms with Crippen LogP contribution in [0.2, 0.25) is 0 Å². The summed E-state index contributed by atoms with van der Waals surface area (Å²) >= 11 is 0. The molecule has 8 nitrogen and oxygen atoms in total. The van der Waals surface area contributed by atoms with Gasteiger partial charge in [-0.05, 0) is 36.6 Å². The minimum absolute atomic E-state index is 0.0507. The van der Waals surface area contributed by atoms with Crippen LogP contribution in [0.25, 0.3) is 0 Å². The number of rotatable bonds is 12. The van der Waals surface area contributed by atoms with Crippen molar-refractivity contribution in [3.8, 4) is 0 Å². The molecule has 0 aliphatic heterocycles. The fourth-order valence-electron chi connectivity index (χ4n) is 5.09. The van der Waals surface area contributed by atoms with E-state index in [2.05, 4.69) is 5.32 Å². The van der Waals surface area contributed by atoms with Gasteiger partial charge in [-0.2, -0.15) is 12.7 Å². The zero-order chi connectivity index (χ0) is 30.3. The monoisotopic (exact) mass is 598 g/mol. The Morgan fingerprint density at radius 2 is 1.48 bits per heavy atom. The number of para-hydroxylation sites is 1. The van der Waals surface area contributed by atoms with Crippen LogP contribution in [0.3, 0.4) is 0 Å². The van der Waals surface area contributed by atoms with Crippen molar-refractivity contribution in [3.05, 3.63) is 102 Å². The highest BCUT2D eigenvalue weighted by atomic mass is 32.2. The van der Waals surface area contributed by atoms with Gasteiger partial charge in [0, 0.05) is 38.7 Å². The van der Waals surface area contributed by atoms with Crippen molar-refractivity contribution >= 4 is 27.7 Å². The molecule has 0 heterocycles. The van der Waals surface area contributed by atoms with Gasteiger partial charge in [0.2, 0.25) is 11.8 Å². The Balaban J connectivity index is 1.77. The molecular formula is C31H36F2N4O4S. The Morgan fingerprint density at radius 1 is 0.881 bits per heavy atom. The molecular weight excluding hydrogens is 562 g/mol. The molecule has 4 rings (SSSR count). The maximum atomic E-state index is 14.9. The van der Waals surface area contributed by atoms with Crippen LogP contribution in [0.15, 0.2) is 78.9 Å². The summed E-state index contributed by atoms with van der Waals surface area (Å²) in [5.74, 6) is -2.61. The average Bonchev–Trinajstić information content (AvgIpc) is 3.48. The average molecular weight is 599 g/mol. The third-order valence-corrected chi connectivity index (χ3v) is 9.22. The van der Waals surface area contributed by atoms with E-state index in [1.54, 1.807) is 6.07 Å². The van der Waals surface area contributed by atoms with Gasteiger partial charge in [0.15, 0.2) is 0 Å². The van der Waals surface area contributed by atoms with Gasteiger partial charge in [-0.3, -0.25) is 9.59 Å². The van der Waals surface area contributed by atoms with Crippen molar-refractivity contribution in [2.45, 2.75) is 50.7 Å². The molecule has 0 spiro atoms. The Hall–Kier alpha value is -3.83. The van der Waals surface area contributed by atoms with E-state index in [1.807, 2.05) is 30.3 Å². The lowest BCUT2D eigenvalue weighted by molar-refractivity contribution is -0.140. The van der Waals surface area contributed by atoms with Crippen molar-refractivity contribution < 1.29 is 26.8 Å². The first-order chi connectivity index (χ1) is 20.1. The van der Waals surface area contributed by atoms with E-state index in [4.69, 9.17) is 0 Å². The largest absolute Gasteiger partial charge is 0.352 e. The van der Waals surface area contributed by atoms with Crippen LogP contribution >= 0.6 is 0 Å². The van der Waals surface area contributed by atoms with E-state index in [0.29, 0.717) is 4.31 Å². The van der Waals surface area contributed by atoms with Crippen molar-refractivity contribution in [3.63, 3.8) is 0 Å². The van der Waals surface area contributed by atoms with E-state index >= 15 is 0 Å². The summed E-state index contributed by atoms with van der Waals surface area (Å²) in [6, 6.07) is 19.1. The van der Waals surface area contributed by atoms with E-state index < -0.39 is 46.2 Å². The number of anilines is 1. The first-order valence-corrected chi connectivity index (χ1v) is 15.3. The summed E-state index contributed by atoms with van der Waals surface area (Å²) in [7, 11) is -1.79. The van der Waals surface area contributed by atoms with E-state index in [9.17, 15) is 26.8 Å². The number of hydrogen-bond donors (Lipinski definition) is 1. The molecule has 11 heteroatoms. The van der Waals surface area contributed by atoms with Gasteiger partial charge in [0.05, 0.1) is 5.69 Å². The zero-order valence-electron chi connectivity index (χ0n) is 23.7. The van der Waals surface area contributed by atoms with Crippen molar-refractivity contribution in [1.82, 2.24) is 14.5 Å². The Morgan fingerprint density at radius 3 is 2.10 bits per heavy atom. The minimum atomic E-state index is -4.34. The van der Waals surface area contributed by atoms with Gasteiger partial charge in [-0.15, -0.1) is 0 Å². The van der Waals surface area contributed by atoms with Crippen LogP contribution < -0.4 is 9.62 Å². The Labute approximate surface area is 246 Å². The predicted molar refractivity (Wildman–Crippen MR) is 158 cm³/mol. The van der Waals surface area contributed by atoms with Crippen molar-refractivity contribution in [1.29, 1.82) is 0 Å². The molecule has 1 fully saturated rings. The maximum Gasteiger partial charge on any atom is 0.304 e. The number of carbonyl (C=O) groups is 2. The topological polar surface area (TPSA) is 90.0 Å². The molecule has 224 valence electrons. The fourth-order valence-corrected chi connectivity index (χ4v) is 6.15. The number of halogens is 2. The summed E-state index contributed by atoms with van der Waals surface area (Å²) in [5, 5.41) is 3.05. The van der Waals surface area contributed by atoms with Crippen LogP contribution in [0.1, 0.15) is 36.8 Å². The maximum absolute atomic E-state index is 14.9. The molecule has 1 unspecified atom stereocenters. The second kappa shape index (κ2) is 13.9. The third kappa shape index (κ3) is 7.51. The lowest BCUT2D eigenvalue weighted by atomic mass is 10.0. The number of carbonyl (C=O) groups excluding carboxylic acids is 2. The van der Waals surface area contributed by atoms with Crippen molar-refractivity contribution in [2.24, 2.45) is 0 Å². The number of nitrogens with one attached hydrogen (secondary N) is 1. The molecule has 1 atom stereocenters. The number of amides is 2. The molecule has 2 amide bonds. The van der Waals surface area contributed by atoms with Gasteiger partial charge in [0.25, 0.3) is 0 Å². The van der Waals surface area contributed by atoms with Crippen LogP contribution in [0, 0.1) is 11.6 Å². The van der Waals surface area contributed by atoms with Gasteiger partial charge in [-0.1, -0.05) is 73.5 Å². The first kappa shape index (κ1) is 31.1. The van der Waals surface area contributed by atoms with Gasteiger partial charge < -0.3 is 10.2 Å². The molecule has 0 radical (unpaired) electrons. The normalized spacial score (nSPS) is 14.5. The molecule has 42 heavy (non-hydrogen) atoms. The number of nitrogens with zero attached hydrogens (tertiary/aromatic N) is 3. The highest BCUT2D eigenvalue weighted by Gasteiger charge is 2.36. The molecule has 3 aromatic rings. The molecule has 1 saturated carbocycles. The summed E-state index contributed by atoms with van der Waals surface area (Å²) in [6.07, 6.45) is 3.69. The van der Waals surface area contributed by atoms with E-state index in [-0.39, 0.29) is 30.3 Å². The quantitative estimate of drug-likeness (QED) is 0.337.